The largest absolute Gasteiger partial charge is 0.484 e. The Morgan fingerprint density at radius 1 is 0.970 bits per heavy atom. The van der Waals surface area contributed by atoms with E-state index in [0.717, 1.165) is 56.9 Å². The molecular weight excluding hydrogens is 418 g/mol. The van der Waals surface area contributed by atoms with Crippen LogP contribution in [-0.4, -0.2) is 61.7 Å². The van der Waals surface area contributed by atoms with Crippen molar-refractivity contribution in [3.05, 3.63) is 54.1 Å². The molecule has 0 aromatic heterocycles. The topological polar surface area (TPSA) is 71.1 Å². The molecule has 2 aromatic rings. The van der Waals surface area contributed by atoms with Gasteiger partial charge in [0, 0.05) is 42.1 Å². The molecule has 0 aliphatic carbocycles. The first-order chi connectivity index (χ1) is 16.0. The number of rotatable bonds is 6. The summed E-state index contributed by atoms with van der Waals surface area (Å²) in [5.41, 5.74) is 2.40. The number of ether oxygens (including phenoxy) is 2. The van der Waals surface area contributed by atoms with Crippen LogP contribution >= 0.6 is 0 Å². The Labute approximate surface area is 195 Å². The molecule has 0 spiro atoms. The lowest BCUT2D eigenvalue weighted by atomic mass is 9.97. The summed E-state index contributed by atoms with van der Waals surface area (Å²) in [5, 5.41) is 2.93. The van der Waals surface area contributed by atoms with Crippen molar-refractivity contribution in [2.75, 3.05) is 43.1 Å². The van der Waals surface area contributed by atoms with E-state index in [-0.39, 0.29) is 30.5 Å². The van der Waals surface area contributed by atoms with E-state index in [9.17, 15) is 9.59 Å². The van der Waals surface area contributed by atoms with E-state index in [1.54, 1.807) is 24.3 Å². The van der Waals surface area contributed by atoms with Crippen molar-refractivity contribution >= 4 is 23.2 Å². The van der Waals surface area contributed by atoms with Crippen LogP contribution < -0.4 is 15.0 Å². The lowest BCUT2D eigenvalue weighted by molar-refractivity contribution is -0.139. The fraction of sp³-hybridized carbons (Fsp3) is 0.462. The number of nitrogens with zero attached hydrogens (tertiary/aromatic N) is 2. The van der Waals surface area contributed by atoms with Crippen LogP contribution in [0.3, 0.4) is 0 Å². The maximum Gasteiger partial charge on any atom is 0.260 e. The molecule has 176 valence electrons. The first-order valence-corrected chi connectivity index (χ1v) is 11.8. The van der Waals surface area contributed by atoms with Crippen molar-refractivity contribution in [3.63, 3.8) is 0 Å². The van der Waals surface area contributed by atoms with E-state index in [1.807, 2.05) is 29.2 Å². The van der Waals surface area contributed by atoms with Crippen LogP contribution in [-0.2, 0) is 9.53 Å². The average molecular weight is 452 g/mol. The summed E-state index contributed by atoms with van der Waals surface area (Å²) in [6, 6.07) is 15.2. The van der Waals surface area contributed by atoms with Gasteiger partial charge in [0.25, 0.3) is 11.8 Å². The summed E-state index contributed by atoms with van der Waals surface area (Å²) in [5.74, 6) is 0.400. The number of carbonyl (C=O) groups is 2. The van der Waals surface area contributed by atoms with E-state index in [1.165, 1.54) is 0 Å². The third-order valence-electron chi connectivity index (χ3n) is 6.46. The number of likely N-dealkylation sites (tertiary alicyclic amines) is 1. The second kappa shape index (κ2) is 10.7. The van der Waals surface area contributed by atoms with Gasteiger partial charge in [-0.3, -0.25) is 9.59 Å². The lowest BCUT2D eigenvalue weighted by Gasteiger charge is -2.38. The highest BCUT2D eigenvalue weighted by Crippen LogP contribution is 2.23. The molecule has 2 heterocycles. The molecular formula is C26H33N3O4. The van der Waals surface area contributed by atoms with Gasteiger partial charge in [0.2, 0.25) is 0 Å². The number of hydrogen-bond donors (Lipinski definition) is 1. The van der Waals surface area contributed by atoms with Crippen molar-refractivity contribution in [2.24, 2.45) is 0 Å². The standard InChI is InChI=1S/C26H33N3O4/c1-19-4-3-5-20(2)29(19)25(30)18-33-24-12-6-21(7-13-24)26(31)27-22-8-10-23(11-9-22)28-14-16-32-17-15-28/h6-13,19-20H,3-5,14-18H2,1-2H3,(H,27,31)/t19-,20-/m1/s1. The zero-order valence-corrected chi connectivity index (χ0v) is 19.5. The molecule has 4 rings (SSSR count). The van der Waals surface area contributed by atoms with Crippen molar-refractivity contribution in [3.8, 4) is 5.75 Å². The van der Waals surface area contributed by atoms with Crippen LogP contribution in [0.15, 0.2) is 48.5 Å². The zero-order chi connectivity index (χ0) is 23.2. The molecule has 0 bridgehead atoms. The number of morpholine rings is 1. The van der Waals surface area contributed by atoms with Gasteiger partial charge < -0.3 is 24.6 Å². The van der Waals surface area contributed by atoms with Gasteiger partial charge in [0.05, 0.1) is 13.2 Å². The van der Waals surface area contributed by atoms with Gasteiger partial charge in [-0.1, -0.05) is 0 Å². The van der Waals surface area contributed by atoms with E-state index < -0.39 is 0 Å². The van der Waals surface area contributed by atoms with Crippen LogP contribution in [0.2, 0.25) is 0 Å². The minimum absolute atomic E-state index is 0.00964. The van der Waals surface area contributed by atoms with Crippen molar-refractivity contribution in [1.29, 1.82) is 0 Å². The molecule has 0 radical (unpaired) electrons. The van der Waals surface area contributed by atoms with E-state index >= 15 is 0 Å². The molecule has 0 saturated carbocycles. The van der Waals surface area contributed by atoms with Crippen LogP contribution in [0.4, 0.5) is 11.4 Å². The molecule has 2 amide bonds. The van der Waals surface area contributed by atoms with Gasteiger partial charge in [-0.2, -0.15) is 0 Å². The smallest absolute Gasteiger partial charge is 0.260 e. The maximum absolute atomic E-state index is 12.6. The van der Waals surface area contributed by atoms with Crippen LogP contribution in [0.1, 0.15) is 43.5 Å². The third-order valence-corrected chi connectivity index (χ3v) is 6.46. The number of benzene rings is 2. The fourth-order valence-electron chi connectivity index (χ4n) is 4.62. The lowest BCUT2D eigenvalue weighted by Crippen LogP contribution is -2.49. The van der Waals surface area contributed by atoms with Gasteiger partial charge in [-0.25, -0.2) is 0 Å². The Kier molecular flexibility index (Phi) is 7.50. The second-order valence-electron chi connectivity index (χ2n) is 8.84. The molecule has 33 heavy (non-hydrogen) atoms. The maximum atomic E-state index is 12.6. The Bertz CT molecular complexity index is 929. The number of hydrogen-bond acceptors (Lipinski definition) is 5. The highest BCUT2D eigenvalue weighted by atomic mass is 16.5. The summed E-state index contributed by atoms with van der Waals surface area (Å²) in [6.07, 6.45) is 3.24. The zero-order valence-electron chi connectivity index (χ0n) is 19.5. The number of amides is 2. The molecule has 2 aliphatic rings. The SMILES string of the molecule is C[C@@H]1CCC[C@@H](C)N1C(=O)COc1ccc(C(=O)Nc2ccc(N3CCOCC3)cc2)cc1. The summed E-state index contributed by atoms with van der Waals surface area (Å²) < 4.78 is 11.1. The number of piperidine rings is 1. The van der Waals surface area contributed by atoms with Crippen molar-refractivity contribution in [2.45, 2.75) is 45.2 Å². The Morgan fingerprint density at radius 3 is 2.24 bits per heavy atom. The number of carbonyl (C=O) groups excluding carboxylic acids is 2. The molecule has 2 fully saturated rings. The normalized spacial score (nSPS) is 20.9. The molecule has 7 heteroatoms. The summed E-state index contributed by atoms with van der Waals surface area (Å²) in [4.78, 5) is 29.4. The summed E-state index contributed by atoms with van der Waals surface area (Å²) in [7, 11) is 0. The van der Waals surface area contributed by atoms with Gasteiger partial charge in [-0.15, -0.1) is 0 Å². The quantitative estimate of drug-likeness (QED) is 0.720. The Morgan fingerprint density at radius 2 is 1.61 bits per heavy atom. The first-order valence-electron chi connectivity index (χ1n) is 11.8. The van der Waals surface area contributed by atoms with E-state index in [0.29, 0.717) is 11.3 Å². The fourth-order valence-corrected chi connectivity index (χ4v) is 4.62. The number of anilines is 2. The predicted octanol–water partition coefficient (Wildman–Crippen LogP) is 3.94. The highest BCUT2D eigenvalue weighted by Gasteiger charge is 2.29. The first kappa shape index (κ1) is 23.1. The molecule has 2 atom stereocenters. The molecule has 7 nitrogen and oxygen atoms in total. The molecule has 2 aromatic carbocycles. The van der Waals surface area contributed by atoms with Crippen LogP contribution in [0, 0.1) is 0 Å². The third kappa shape index (κ3) is 5.85. The summed E-state index contributed by atoms with van der Waals surface area (Å²) >= 11 is 0. The Hall–Kier alpha value is -3.06. The van der Waals surface area contributed by atoms with Gasteiger partial charge in [0.1, 0.15) is 5.75 Å². The molecule has 2 aliphatic heterocycles. The van der Waals surface area contributed by atoms with Gasteiger partial charge >= 0.3 is 0 Å². The highest BCUT2D eigenvalue weighted by molar-refractivity contribution is 6.04. The van der Waals surface area contributed by atoms with Gasteiger partial charge in [0.15, 0.2) is 6.61 Å². The molecule has 2 saturated heterocycles. The predicted molar refractivity (Wildman–Crippen MR) is 129 cm³/mol. The van der Waals surface area contributed by atoms with Crippen molar-refractivity contribution in [1.82, 2.24) is 4.90 Å². The van der Waals surface area contributed by atoms with Crippen LogP contribution in [0.5, 0.6) is 5.75 Å². The molecule has 0 unspecified atom stereocenters. The average Bonchev–Trinajstić information content (AvgIpc) is 2.84. The molecule has 1 N–H and O–H groups in total. The van der Waals surface area contributed by atoms with E-state index in [2.05, 4.69) is 24.1 Å². The minimum Gasteiger partial charge on any atom is -0.484 e. The number of nitrogens with one attached hydrogen (secondary N) is 1. The summed E-state index contributed by atoms with van der Waals surface area (Å²) in [6.45, 7) is 7.43. The Balaban J connectivity index is 1.28. The van der Waals surface area contributed by atoms with Crippen LogP contribution in [0.25, 0.3) is 0 Å². The minimum atomic E-state index is -0.187. The second-order valence-corrected chi connectivity index (χ2v) is 8.84. The van der Waals surface area contributed by atoms with Gasteiger partial charge in [-0.05, 0) is 81.6 Å². The van der Waals surface area contributed by atoms with Crippen molar-refractivity contribution < 1.29 is 19.1 Å². The van der Waals surface area contributed by atoms with E-state index in [4.69, 9.17) is 9.47 Å². The monoisotopic (exact) mass is 451 g/mol.